The molecule has 24 heavy (non-hydrogen) atoms. The fourth-order valence-corrected chi connectivity index (χ4v) is 4.01. The van der Waals surface area contributed by atoms with Crippen LogP contribution in [0.4, 0.5) is 0 Å². The summed E-state index contributed by atoms with van der Waals surface area (Å²) in [5.74, 6) is 1.64. The van der Waals surface area contributed by atoms with Crippen molar-refractivity contribution in [3.63, 3.8) is 0 Å². The minimum atomic E-state index is 0.392. The van der Waals surface area contributed by atoms with E-state index in [1.807, 2.05) is 0 Å². The van der Waals surface area contributed by atoms with Gasteiger partial charge in [0.05, 0.1) is 0 Å². The molecule has 1 saturated carbocycles. The van der Waals surface area contributed by atoms with Crippen molar-refractivity contribution in [1.82, 2.24) is 9.80 Å². The van der Waals surface area contributed by atoms with E-state index in [9.17, 15) is 4.79 Å². The smallest absolute Gasteiger partial charge is 0.222 e. The molecule has 0 atom stereocenters. The molecule has 2 aliphatic rings. The van der Waals surface area contributed by atoms with Gasteiger partial charge in [-0.25, -0.2) is 0 Å². The molecule has 0 radical (unpaired) electrons. The summed E-state index contributed by atoms with van der Waals surface area (Å²) in [5.41, 5.74) is 2.78. The number of carbonyl (C=O) groups is 1. The van der Waals surface area contributed by atoms with Gasteiger partial charge in [0.2, 0.25) is 5.91 Å². The Kier molecular flexibility index (Phi) is 5.94. The van der Waals surface area contributed by atoms with Crippen LogP contribution in [-0.4, -0.2) is 41.9 Å². The molecule has 0 spiro atoms. The second-order valence-corrected chi connectivity index (χ2v) is 7.91. The van der Waals surface area contributed by atoms with E-state index in [-0.39, 0.29) is 0 Å². The van der Waals surface area contributed by atoms with Crippen LogP contribution in [0, 0.1) is 5.92 Å². The Morgan fingerprint density at radius 3 is 2.25 bits per heavy atom. The van der Waals surface area contributed by atoms with Gasteiger partial charge in [0, 0.05) is 39.1 Å². The summed E-state index contributed by atoms with van der Waals surface area (Å²) in [6.45, 7) is 9.27. The van der Waals surface area contributed by atoms with Crippen LogP contribution in [0.1, 0.15) is 63.0 Å². The van der Waals surface area contributed by atoms with Crippen molar-refractivity contribution >= 4 is 5.91 Å². The number of benzene rings is 1. The van der Waals surface area contributed by atoms with E-state index in [1.165, 1.54) is 36.8 Å². The number of amides is 1. The van der Waals surface area contributed by atoms with Crippen molar-refractivity contribution in [1.29, 1.82) is 0 Å². The molecular weight excluding hydrogens is 296 g/mol. The lowest BCUT2D eigenvalue weighted by molar-refractivity contribution is -0.134. The van der Waals surface area contributed by atoms with Gasteiger partial charge in [0.25, 0.3) is 0 Å². The number of rotatable bonds is 5. The van der Waals surface area contributed by atoms with Gasteiger partial charge in [0.15, 0.2) is 0 Å². The van der Waals surface area contributed by atoms with Crippen LogP contribution in [-0.2, 0) is 11.3 Å². The van der Waals surface area contributed by atoms with Crippen LogP contribution in [0.2, 0.25) is 0 Å². The zero-order chi connectivity index (χ0) is 16.9. The van der Waals surface area contributed by atoms with Crippen molar-refractivity contribution < 1.29 is 4.79 Å². The Balaban J connectivity index is 1.43. The summed E-state index contributed by atoms with van der Waals surface area (Å²) in [7, 11) is 0. The molecule has 1 aromatic rings. The third kappa shape index (κ3) is 4.60. The first kappa shape index (κ1) is 17.5. The third-order valence-corrected chi connectivity index (χ3v) is 5.72. The molecule has 1 aliphatic carbocycles. The Bertz CT molecular complexity index is 523. The average Bonchev–Trinajstić information content (AvgIpc) is 3.09. The predicted octanol–water partition coefficient (Wildman–Crippen LogP) is 4.03. The van der Waals surface area contributed by atoms with Crippen LogP contribution in [0.5, 0.6) is 0 Å². The average molecular weight is 329 g/mol. The molecule has 1 aliphatic heterocycles. The highest BCUT2D eigenvalue weighted by Crippen LogP contribution is 2.28. The molecule has 1 heterocycles. The summed E-state index contributed by atoms with van der Waals surface area (Å²) >= 11 is 0. The summed E-state index contributed by atoms with van der Waals surface area (Å²) in [6.07, 6.45) is 5.95. The van der Waals surface area contributed by atoms with Gasteiger partial charge in [0.1, 0.15) is 0 Å². The van der Waals surface area contributed by atoms with E-state index in [1.54, 1.807) is 0 Å². The highest BCUT2D eigenvalue weighted by atomic mass is 16.2. The zero-order valence-corrected chi connectivity index (χ0v) is 15.3. The maximum absolute atomic E-state index is 12.4. The second kappa shape index (κ2) is 8.15. The highest BCUT2D eigenvalue weighted by molar-refractivity contribution is 5.76. The number of carbonyl (C=O) groups excluding carboxylic acids is 1. The lowest BCUT2D eigenvalue weighted by Gasteiger charge is -2.35. The minimum absolute atomic E-state index is 0.392. The van der Waals surface area contributed by atoms with Gasteiger partial charge in [-0.3, -0.25) is 9.69 Å². The Hall–Kier alpha value is -1.35. The van der Waals surface area contributed by atoms with Crippen molar-refractivity contribution in [2.45, 2.75) is 58.4 Å². The van der Waals surface area contributed by atoms with E-state index in [0.29, 0.717) is 17.7 Å². The third-order valence-electron chi connectivity index (χ3n) is 5.72. The summed E-state index contributed by atoms with van der Waals surface area (Å²) in [4.78, 5) is 17.0. The van der Waals surface area contributed by atoms with Crippen LogP contribution in [0.15, 0.2) is 24.3 Å². The maximum atomic E-state index is 12.4. The first-order valence-corrected chi connectivity index (χ1v) is 9.71. The van der Waals surface area contributed by atoms with Crippen LogP contribution in [0.3, 0.4) is 0 Å². The minimum Gasteiger partial charge on any atom is -0.340 e. The lowest BCUT2D eigenvalue weighted by Crippen LogP contribution is -2.48. The fourth-order valence-electron chi connectivity index (χ4n) is 4.01. The molecule has 0 aromatic heterocycles. The van der Waals surface area contributed by atoms with Crippen LogP contribution in [0.25, 0.3) is 0 Å². The van der Waals surface area contributed by atoms with Gasteiger partial charge in [-0.05, 0) is 35.8 Å². The predicted molar refractivity (Wildman–Crippen MR) is 99.0 cm³/mol. The SMILES string of the molecule is CC(C)c1ccc(CN2CCN(C(=O)CC3CCCC3)CC2)cc1. The van der Waals surface area contributed by atoms with E-state index in [4.69, 9.17) is 0 Å². The molecule has 0 unspecified atom stereocenters. The first-order valence-electron chi connectivity index (χ1n) is 9.71. The molecule has 1 aromatic carbocycles. The van der Waals surface area contributed by atoms with Crippen molar-refractivity contribution in [2.75, 3.05) is 26.2 Å². The quantitative estimate of drug-likeness (QED) is 0.814. The van der Waals surface area contributed by atoms with E-state index < -0.39 is 0 Å². The standard InChI is InChI=1S/C21H32N2O/c1-17(2)20-9-7-19(8-10-20)16-22-11-13-23(14-12-22)21(24)15-18-5-3-4-6-18/h7-10,17-18H,3-6,11-16H2,1-2H3. The Morgan fingerprint density at radius 2 is 1.67 bits per heavy atom. The number of hydrogen-bond acceptors (Lipinski definition) is 2. The molecule has 3 heteroatoms. The fraction of sp³-hybridized carbons (Fsp3) is 0.667. The molecule has 2 fully saturated rings. The van der Waals surface area contributed by atoms with Crippen molar-refractivity contribution in [3.8, 4) is 0 Å². The van der Waals surface area contributed by atoms with Gasteiger partial charge in [-0.15, -0.1) is 0 Å². The molecule has 0 N–H and O–H groups in total. The van der Waals surface area contributed by atoms with Gasteiger partial charge in [-0.1, -0.05) is 51.0 Å². The normalized spacial score (nSPS) is 20.0. The zero-order valence-electron chi connectivity index (χ0n) is 15.3. The van der Waals surface area contributed by atoms with E-state index >= 15 is 0 Å². The lowest BCUT2D eigenvalue weighted by atomic mass is 10.0. The monoisotopic (exact) mass is 328 g/mol. The number of hydrogen-bond donors (Lipinski definition) is 0. The largest absolute Gasteiger partial charge is 0.340 e. The molecule has 132 valence electrons. The number of piperazine rings is 1. The number of nitrogens with zero attached hydrogens (tertiary/aromatic N) is 2. The molecule has 3 rings (SSSR count). The van der Waals surface area contributed by atoms with Crippen LogP contribution < -0.4 is 0 Å². The molecule has 1 amide bonds. The van der Waals surface area contributed by atoms with E-state index in [2.05, 4.69) is 47.9 Å². The molecule has 3 nitrogen and oxygen atoms in total. The second-order valence-electron chi connectivity index (χ2n) is 7.91. The maximum Gasteiger partial charge on any atom is 0.222 e. The van der Waals surface area contributed by atoms with Crippen LogP contribution >= 0.6 is 0 Å². The van der Waals surface area contributed by atoms with Gasteiger partial charge in [-0.2, -0.15) is 0 Å². The summed E-state index contributed by atoms with van der Waals surface area (Å²) in [6, 6.07) is 9.02. The highest BCUT2D eigenvalue weighted by Gasteiger charge is 2.25. The Morgan fingerprint density at radius 1 is 1.04 bits per heavy atom. The Labute approximate surface area is 147 Å². The van der Waals surface area contributed by atoms with Gasteiger partial charge < -0.3 is 4.90 Å². The van der Waals surface area contributed by atoms with E-state index in [0.717, 1.165) is 39.1 Å². The first-order chi connectivity index (χ1) is 11.6. The summed E-state index contributed by atoms with van der Waals surface area (Å²) in [5, 5.41) is 0. The topological polar surface area (TPSA) is 23.6 Å². The van der Waals surface area contributed by atoms with Crippen molar-refractivity contribution in [3.05, 3.63) is 35.4 Å². The summed E-state index contributed by atoms with van der Waals surface area (Å²) < 4.78 is 0. The molecule has 1 saturated heterocycles. The molecular formula is C21H32N2O. The van der Waals surface area contributed by atoms with Gasteiger partial charge >= 0.3 is 0 Å². The molecule has 0 bridgehead atoms. The van der Waals surface area contributed by atoms with Crippen molar-refractivity contribution in [2.24, 2.45) is 5.92 Å².